The lowest BCUT2D eigenvalue weighted by Gasteiger charge is -2.15. The summed E-state index contributed by atoms with van der Waals surface area (Å²) >= 11 is 5.94. The quantitative estimate of drug-likeness (QED) is 0.691. The maximum absolute atomic E-state index is 12.1. The summed E-state index contributed by atoms with van der Waals surface area (Å²) in [6, 6.07) is 5.09. The summed E-state index contributed by atoms with van der Waals surface area (Å²) in [6.07, 6.45) is 1.44. The van der Waals surface area contributed by atoms with E-state index in [0.717, 1.165) is 0 Å². The number of methoxy groups -OCH3 is 2. The summed E-state index contributed by atoms with van der Waals surface area (Å²) in [6.45, 7) is 1.63. The summed E-state index contributed by atoms with van der Waals surface area (Å²) < 4.78 is 11.4. The van der Waals surface area contributed by atoms with Crippen LogP contribution >= 0.6 is 11.6 Å². The van der Waals surface area contributed by atoms with Gasteiger partial charge in [-0.3, -0.25) is 4.79 Å². The second-order valence-electron chi connectivity index (χ2n) is 4.55. The molecule has 2 rings (SSSR count). The number of carbonyl (C=O) groups is 1. The van der Waals surface area contributed by atoms with Crippen molar-refractivity contribution in [2.75, 3.05) is 20.0 Å². The van der Waals surface area contributed by atoms with Gasteiger partial charge in [0.2, 0.25) is 5.43 Å². The highest BCUT2D eigenvalue weighted by atomic mass is 35.5. The van der Waals surface area contributed by atoms with Gasteiger partial charge in [0.15, 0.2) is 0 Å². The molecule has 7 heteroatoms. The Morgan fingerprint density at radius 2 is 2.00 bits per heavy atom. The van der Waals surface area contributed by atoms with Gasteiger partial charge in [0, 0.05) is 17.6 Å². The number of hydrogen-bond acceptors (Lipinski definition) is 5. The van der Waals surface area contributed by atoms with E-state index in [-0.39, 0.29) is 10.6 Å². The lowest BCUT2D eigenvalue weighted by Crippen LogP contribution is -2.22. The Bertz CT molecular complexity index is 799. The number of pyridine rings is 1. The topological polar surface area (TPSA) is 83.6 Å². The van der Waals surface area contributed by atoms with Gasteiger partial charge in [0.25, 0.3) is 0 Å². The van der Waals surface area contributed by atoms with Crippen LogP contribution < -0.4 is 15.9 Å². The van der Waals surface area contributed by atoms with Crippen LogP contribution in [0.3, 0.4) is 0 Å². The Morgan fingerprint density at radius 3 is 2.55 bits per heavy atom. The Hall–Kier alpha value is -2.47. The molecule has 0 fully saturated rings. The van der Waals surface area contributed by atoms with Crippen molar-refractivity contribution in [3.05, 3.63) is 50.9 Å². The van der Waals surface area contributed by atoms with Crippen molar-refractivity contribution in [2.45, 2.75) is 6.92 Å². The first-order valence-corrected chi connectivity index (χ1v) is 6.72. The van der Waals surface area contributed by atoms with Gasteiger partial charge in [-0.15, -0.1) is 0 Å². The average molecular weight is 323 g/mol. The maximum atomic E-state index is 12.1. The summed E-state index contributed by atoms with van der Waals surface area (Å²) in [4.78, 5) is 23.9. The molecule has 0 spiro atoms. The van der Waals surface area contributed by atoms with Crippen LogP contribution in [0.2, 0.25) is 5.02 Å². The number of aromatic nitrogens is 1. The first-order valence-electron chi connectivity index (χ1n) is 6.34. The lowest BCUT2D eigenvalue weighted by atomic mass is 10.1. The van der Waals surface area contributed by atoms with Crippen LogP contribution in [0.4, 0.5) is 5.69 Å². The van der Waals surface area contributed by atoms with Gasteiger partial charge in [-0.05, 0) is 25.1 Å². The minimum Gasteiger partial charge on any atom is -0.495 e. The highest BCUT2D eigenvalue weighted by Crippen LogP contribution is 2.25. The van der Waals surface area contributed by atoms with Crippen molar-refractivity contribution in [1.82, 2.24) is 4.57 Å². The zero-order valence-corrected chi connectivity index (χ0v) is 13.1. The van der Waals surface area contributed by atoms with E-state index >= 15 is 0 Å². The molecule has 0 aliphatic carbocycles. The number of rotatable bonds is 3. The standard InChI is InChI=1S/C15H15ClN2O4/c1-8-13(15(20)22-3)14(19)10(16)7-18(8)9-4-5-12(21-2)11(17)6-9/h4-7H,17H2,1-3H3. The molecule has 22 heavy (non-hydrogen) atoms. The van der Waals surface area contributed by atoms with Crippen molar-refractivity contribution in [3.8, 4) is 11.4 Å². The molecule has 0 aliphatic rings. The number of halogens is 1. The molecular formula is C15H15ClN2O4. The largest absolute Gasteiger partial charge is 0.495 e. The SMILES string of the molecule is COC(=O)c1c(C)n(-c2ccc(OC)c(N)c2)cc(Cl)c1=O. The van der Waals surface area contributed by atoms with E-state index in [1.54, 1.807) is 29.7 Å². The average Bonchev–Trinajstić information content (AvgIpc) is 2.50. The van der Waals surface area contributed by atoms with Crippen molar-refractivity contribution in [1.29, 1.82) is 0 Å². The molecule has 0 saturated carbocycles. The molecule has 0 radical (unpaired) electrons. The first-order chi connectivity index (χ1) is 10.4. The van der Waals surface area contributed by atoms with E-state index in [9.17, 15) is 9.59 Å². The summed E-state index contributed by atoms with van der Waals surface area (Å²) in [5, 5.41) is -0.0830. The molecule has 0 saturated heterocycles. The smallest absolute Gasteiger partial charge is 0.343 e. The third kappa shape index (κ3) is 2.65. The number of hydrogen-bond donors (Lipinski definition) is 1. The number of nitrogens with two attached hydrogens (primary N) is 1. The zero-order valence-electron chi connectivity index (χ0n) is 12.3. The molecule has 1 aromatic heterocycles. The second-order valence-corrected chi connectivity index (χ2v) is 4.96. The minimum absolute atomic E-state index is 0.0830. The van der Waals surface area contributed by atoms with Crippen molar-refractivity contribution >= 4 is 23.3 Å². The van der Waals surface area contributed by atoms with Crippen LogP contribution in [-0.4, -0.2) is 24.8 Å². The molecule has 0 aliphatic heterocycles. The normalized spacial score (nSPS) is 10.4. The van der Waals surface area contributed by atoms with Gasteiger partial charge in [-0.2, -0.15) is 0 Å². The molecule has 1 heterocycles. The monoisotopic (exact) mass is 322 g/mol. The van der Waals surface area contributed by atoms with Gasteiger partial charge >= 0.3 is 5.97 Å². The van der Waals surface area contributed by atoms with Gasteiger partial charge in [-0.1, -0.05) is 11.6 Å². The van der Waals surface area contributed by atoms with E-state index < -0.39 is 11.4 Å². The number of nitrogen functional groups attached to an aromatic ring is 1. The molecule has 116 valence electrons. The third-order valence-corrected chi connectivity index (χ3v) is 3.56. The Labute approximate surface area is 132 Å². The fourth-order valence-electron chi connectivity index (χ4n) is 2.16. The van der Waals surface area contributed by atoms with Crippen LogP contribution in [0.15, 0.2) is 29.2 Å². The van der Waals surface area contributed by atoms with Crippen LogP contribution in [0, 0.1) is 6.92 Å². The van der Waals surface area contributed by atoms with Gasteiger partial charge in [-0.25, -0.2) is 4.79 Å². The van der Waals surface area contributed by atoms with E-state index in [1.165, 1.54) is 20.4 Å². The predicted molar refractivity (Wildman–Crippen MR) is 84.1 cm³/mol. The number of ether oxygens (including phenoxy) is 2. The number of esters is 1. The Morgan fingerprint density at radius 1 is 1.32 bits per heavy atom. The van der Waals surface area contributed by atoms with Crippen molar-refractivity contribution in [3.63, 3.8) is 0 Å². The van der Waals surface area contributed by atoms with Crippen molar-refractivity contribution in [2.24, 2.45) is 0 Å². The van der Waals surface area contributed by atoms with Crippen LogP contribution in [0.5, 0.6) is 5.75 Å². The van der Waals surface area contributed by atoms with E-state index in [1.807, 2.05) is 0 Å². The van der Waals surface area contributed by atoms with Gasteiger partial charge in [0.1, 0.15) is 16.3 Å². The number of anilines is 1. The lowest BCUT2D eigenvalue weighted by molar-refractivity contribution is 0.0597. The molecule has 6 nitrogen and oxygen atoms in total. The summed E-state index contributed by atoms with van der Waals surface area (Å²) in [7, 11) is 2.72. The fraction of sp³-hybridized carbons (Fsp3) is 0.200. The van der Waals surface area contributed by atoms with Gasteiger partial charge in [0.05, 0.1) is 19.9 Å². The van der Waals surface area contributed by atoms with E-state index in [0.29, 0.717) is 22.8 Å². The maximum Gasteiger partial charge on any atom is 0.343 e. The summed E-state index contributed by atoms with van der Waals surface area (Å²) in [5.41, 5.74) is 6.69. The van der Waals surface area contributed by atoms with Crippen LogP contribution in [-0.2, 0) is 4.74 Å². The van der Waals surface area contributed by atoms with E-state index in [2.05, 4.69) is 4.74 Å². The molecule has 0 bridgehead atoms. The molecule has 0 atom stereocenters. The first kappa shape index (κ1) is 15.9. The van der Waals surface area contributed by atoms with Gasteiger partial charge < -0.3 is 19.8 Å². The third-order valence-electron chi connectivity index (χ3n) is 3.29. The molecule has 2 aromatic rings. The van der Waals surface area contributed by atoms with Crippen molar-refractivity contribution < 1.29 is 14.3 Å². The Balaban J connectivity index is 2.71. The highest BCUT2D eigenvalue weighted by Gasteiger charge is 2.20. The predicted octanol–water partition coefficient (Wildman–Crippen LogP) is 2.18. The molecular weight excluding hydrogens is 308 g/mol. The summed E-state index contributed by atoms with van der Waals surface area (Å²) in [5.74, 6) is -0.207. The highest BCUT2D eigenvalue weighted by molar-refractivity contribution is 6.30. The second kappa shape index (κ2) is 6.11. The molecule has 0 amide bonds. The van der Waals surface area contributed by atoms with Crippen LogP contribution in [0.1, 0.15) is 16.1 Å². The number of benzene rings is 1. The Kier molecular flexibility index (Phi) is 4.42. The van der Waals surface area contributed by atoms with Crippen LogP contribution in [0.25, 0.3) is 5.69 Å². The molecule has 0 unspecified atom stereocenters. The molecule has 2 N–H and O–H groups in total. The zero-order chi connectivity index (χ0) is 16.4. The fourth-order valence-corrected chi connectivity index (χ4v) is 2.35. The minimum atomic E-state index is -0.736. The van der Waals surface area contributed by atoms with E-state index in [4.69, 9.17) is 22.1 Å². The number of nitrogens with zero attached hydrogens (tertiary/aromatic N) is 1. The number of carbonyl (C=O) groups excluding carboxylic acids is 1. The molecule has 1 aromatic carbocycles.